The van der Waals surface area contributed by atoms with Gasteiger partial charge in [0.2, 0.25) is 0 Å². The van der Waals surface area contributed by atoms with E-state index >= 15 is 0 Å². The first-order valence-electron chi connectivity index (χ1n) is 6.56. The van der Waals surface area contributed by atoms with Crippen molar-refractivity contribution in [3.8, 4) is 6.07 Å². The maximum absolute atomic E-state index is 8.97. The third-order valence-electron chi connectivity index (χ3n) is 3.61. The second-order valence-electron chi connectivity index (χ2n) is 5.27. The molecule has 1 fully saturated rings. The van der Waals surface area contributed by atoms with Gasteiger partial charge in [0.1, 0.15) is 0 Å². The lowest BCUT2D eigenvalue weighted by molar-refractivity contribution is 0.411. The van der Waals surface area contributed by atoms with E-state index in [1.54, 1.807) is 0 Å². The molecule has 1 heterocycles. The molecule has 0 aliphatic carbocycles. The molecular formula is C15H21N3. The van der Waals surface area contributed by atoms with Crippen LogP contribution in [0.4, 0.5) is 5.69 Å². The van der Waals surface area contributed by atoms with Crippen molar-refractivity contribution in [3.05, 3.63) is 29.3 Å². The second-order valence-corrected chi connectivity index (χ2v) is 5.27. The zero-order valence-electron chi connectivity index (χ0n) is 11.4. The Hall–Kier alpha value is -1.53. The molecule has 1 aromatic rings. The highest BCUT2D eigenvalue weighted by atomic mass is 15.2. The van der Waals surface area contributed by atoms with E-state index in [-0.39, 0.29) is 6.04 Å². The fourth-order valence-corrected chi connectivity index (χ4v) is 2.57. The number of nitrogens with zero attached hydrogens (tertiary/aromatic N) is 2. The molecular weight excluding hydrogens is 222 g/mol. The molecule has 1 saturated heterocycles. The quantitative estimate of drug-likeness (QED) is 0.867. The fraction of sp³-hybridized carbons (Fsp3) is 0.533. The molecule has 2 unspecified atom stereocenters. The van der Waals surface area contributed by atoms with Crippen molar-refractivity contribution in [3.63, 3.8) is 0 Å². The molecule has 0 spiro atoms. The van der Waals surface area contributed by atoms with Gasteiger partial charge in [-0.2, -0.15) is 5.26 Å². The van der Waals surface area contributed by atoms with E-state index in [9.17, 15) is 0 Å². The van der Waals surface area contributed by atoms with Crippen LogP contribution in [-0.4, -0.2) is 25.2 Å². The van der Waals surface area contributed by atoms with Crippen molar-refractivity contribution in [2.45, 2.75) is 39.3 Å². The summed E-state index contributed by atoms with van der Waals surface area (Å²) < 4.78 is 0. The highest BCUT2D eigenvalue weighted by Gasteiger charge is 2.26. The first-order chi connectivity index (χ1) is 8.61. The minimum atomic E-state index is 0.284. The Labute approximate surface area is 109 Å². The molecule has 18 heavy (non-hydrogen) atoms. The average Bonchev–Trinajstić information content (AvgIpc) is 2.35. The molecule has 2 rings (SSSR count). The van der Waals surface area contributed by atoms with Gasteiger partial charge in [-0.15, -0.1) is 0 Å². The van der Waals surface area contributed by atoms with E-state index in [4.69, 9.17) is 5.26 Å². The molecule has 3 nitrogen and oxygen atoms in total. The van der Waals surface area contributed by atoms with Gasteiger partial charge in [0.05, 0.1) is 18.5 Å². The minimum Gasteiger partial charge on any atom is -0.364 e. The maximum atomic E-state index is 8.97. The number of hydrogen-bond donors (Lipinski definition) is 1. The molecule has 0 amide bonds. The van der Waals surface area contributed by atoms with Crippen LogP contribution in [0, 0.1) is 25.2 Å². The van der Waals surface area contributed by atoms with Crippen molar-refractivity contribution in [1.29, 1.82) is 5.26 Å². The molecule has 1 aromatic carbocycles. The highest BCUT2D eigenvalue weighted by Crippen LogP contribution is 2.26. The number of piperazine rings is 1. The smallest absolute Gasteiger partial charge is 0.0643 e. The van der Waals surface area contributed by atoms with Crippen LogP contribution in [0.3, 0.4) is 0 Å². The summed E-state index contributed by atoms with van der Waals surface area (Å²) >= 11 is 0. The summed E-state index contributed by atoms with van der Waals surface area (Å²) in [5.74, 6) is 0. The van der Waals surface area contributed by atoms with Gasteiger partial charge in [-0.05, 0) is 38.0 Å². The maximum Gasteiger partial charge on any atom is 0.0643 e. The molecule has 1 aliphatic heterocycles. The number of benzene rings is 1. The standard InChI is InChI=1S/C15H21N3/c1-11-4-5-12(2)15(8-11)18-10-13(3)17-9-14(18)6-7-16/h4-5,8,13-14,17H,6,9-10H2,1-3H3. The van der Waals surface area contributed by atoms with Gasteiger partial charge in [0, 0.05) is 24.8 Å². The van der Waals surface area contributed by atoms with Crippen LogP contribution in [0.5, 0.6) is 0 Å². The Kier molecular flexibility index (Phi) is 3.88. The first-order valence-corrected chi connectivity index (χ1v) is 6.56. The first kappa shape index (κ1) is 12.9. The molecule has 1 N–H and O–H groups in total. The van der Waals surface area contributed by atoms with E-state index in [2.05, 4.69) is 55.3 Å². The van der Waals surface area contributed by atoms with Crippen LogP contribution < -0.4 is 10.2 Å². The van der Waals surface area contributed by atoms with Crippen LogP contribution in [0.15, 0.2) is 18.2 Å². The molecule has 96 valence electrons. The van der Waals surface area contributed by atoms with Crippen LogP contribution >= 0.6 is 0 Å². The Balaban J connectivity index is 2.32. The Morgan fingerprint density at radius 3 is 2.94 bits per heavy atom. The van der Waals surface area contributed by atoms with Crippen molar-refractivity contribution in [2.24, 2.45) is 0 Å². The minimum absolute atomic E-state index is 0.284. The molecule has 1 aliphatic rings. The lowest BCUT2D eigenvalue weighted by atomic mass is 10.0. The summed E-state index contributed by atoms with van der Waals surface area (Å²) in [7, 11) is 0. The summed E-state index contributed by atoms with van der Waals surface area (Å²) in [5.41, 5.74) is 3.85. The Morgan fingerprint density at radius 2 is 2.22 bits per heavy atom. The molecule has 0 aromatic heterocycles. The predicted octanol–water partition coefficient (Wildman–Crippen LogP) is 2.38. The SMILES string of the molecule is Cc1ccc(C)c(N2CC(C)NCC2CC#N)c1. The van der Waals surface area contributed by atoms with Gasteiger partial charge in [-0.1, -0.05) is 12.1 Å². The van der Waals surface area contributed by atoms with Gasteiger partial charge in [0.15, 0.2) is 0 Å². The number of nitrogens with one attached hydrogen (secondary N) is 1. The lowest BCUT2D eigenvalue weighted by Gasteiger charge is -2.41. The van der Waals surface area contributed by atoms with Gasteiger partial charge in [-0.25, -0.2) is 0 Å². The fourth-order valence-electron chi connectivity index (χ4n) is 2.57. The van der Waals surface area contributed by atoms with E-state index in [0.717, 1.165) is 13.1 Å². The largest absolute Gasteiger partial charge is 0.364 e. The molecule has 3 heteroatoms. The highest BCUT2D eigenvalue weighted by molar-refractivity contribution is 5.56. The van der Waals surface area contributed by atoms with E-state index in [1.807, 2.05) is 0 Å². The summed E-state index contributed by atoms with van der Waals surface area (Å²) in [4.78, 5) is 2.40. The predicted molar refractivity (Wildman–Crippen MR) is 74.7 cm³/mol. The second kappa shape index (κ2) is 5.41. The number of hydrogen-bond acceptors (Lipinski definition) is 3. The summed E-state index contributed by atoms with van der Waals surface area (Å²) in [5, 5.41) is 12.4. The number of nitriles is 1. The molecule has 0 radical (unpaired) electrons. The van der Waals surface area contributed by atoms with Crippen LogP contribution in [0.1, 0.15) is 24.5 Å². The number of anilines is 1. The van der Waals surface area contributed by atoms with E-state index < -0.39 is 0 Å². The third kappa shape index (κ3) is 2.65. The van der Waals surface area contributed by atoms with Crippen molar-refractivity contribution >= 4 is 5.69 Å². The number of aryl methyl sites for hydroxylation is 2. The Morgan fingerprint density at radius 1 is 1.44 bits per heavy atom. The zero-order valence-corrected chi connectivity index (χ0v) is 11.4. The van der Waals surface area contributed by atoms with E-state index in [0.29, 0.717) is 12.5 Å². The van der Waals surface area contributed by atoms with Gasteiger partial charge in [-0.3, -0.25) is 0 Å². The van der Waals surface area contributed by atoms with Crippen LogP contribution in [0.25, 0.3) is 0 Å². The van der Waals surface area contributed by atoms with E-state index in [1.165, 1.54) is 16.8 Å². The third-order valence-corrected chi connectivity index (χ3v) is 3.61. The average molecular weight is 243 g/mol. The van der Waals surface area contributed by atoms with Crippen LogP contribution in [-0.2, 0) is 0 Å². The topological polar surface area (TPSA) is 39.1 Å². The van der Waals surface area contributed by atoms with Gasteiger partial charge < -0.3 is 10.2 Å². The Bertz CT molecular complexity index is 461. The van der Waals surface area contributed by atoms with Crippen molar-refractivity contribution in [2.75, 3.05) is 18.0 Å². The van der Waals surface area contributed by atoms with Crippen molar-refractivity contribution in [1.82, 2.24) is 5.32 Å². The van der Waals surface area contributed by atoms with Gasteiger partial charge >= 0.3 is 0 Å². The normalized spacial score (nSPS) is 23.8. The monoisotopic (exact) mass is 243 g/mol. The lowest BCUT2D eigenvalue weighted by Crippen LogP contribution is -2.55. The summed E-state index contributed by atoms with van der Waals surface area (Å²) in [6.07, 6.45) is 0.576. The zero-order chi connectivity index (χ0) is 13.1. The summed E-state index contributed by atoms with van der Waals surface area (Å²) in [6.45, 7) is 8.32. The summed E-state index contributed by atoms with van der Waals surface area (Å²) in [6, 6.07) is 9.60. The molecule has 2 atom stereocenters. The van der Waals surface area contributed by atoms with Crippen LogP contribution in [0.2, 0.25) is 0 Å². The number of rotatable bonds is 2. The molecule has 0 saturated carbocycles. The van der Waals surface area contributed by atoms with Gasteiger partial charge in [0.25, 0.3) is 0 Å². The van der Waals surface area contributed by atoms with Crippen molar-refractivity contribution < 1.29 is 0 Å². The molecule has 0 bridgehead atoms.